The molecule has 92 valence electrons. The van der Waals surface area contributed by atoms with Gasteiger partial charge in [-0.2, -0.15) is 0 Å². The molecule has 1 N–H and O–H groups in total. The predicted octanol–water partition coefficient (Wildman–Crippen LogP) is 3.95. The summed E-state index contributed by atoms with van der Waals surface area (Å²) >= 11 is 11.6. The van der Waals surface area contributed by atoms with E-state index in [4.69, 9.17) is 23.2 Å². The van der Waals surface area contributed by atoms with Crippen molar-refractivity contribution in [3.8, 4) is 0 Å². The molecule has 1 aromatic carbocycles. The number of halogens is 2. The third-order valence-electron chi connectivity index (χ3n) is 2.41. The van der Waals surface area contributed by atoms with Gasteiger partial charge in [0.1, 0.15) is 5.82 Å². The highest BCUT2D eigenvalue weighted by atomic mass is 35.5. The molecule has 0 bridgehead atoms. The van der Waals surface area contributed by atoms with Crippen LogP contribution in [0.4, 0.5) is 5.82 Å². The second-order valence-corrected chi connectivity index (χ2v) is 4.65. The van der Waals surface area contributed by atoms with Crippen molar-refractivity contribution < 1.29 is 4.79 Å². The zero-order chi connectivity index (χ0) is 13.1. The van der Waals surface area contributed by atoms with Crippen molar-refractivity contribution >= 4 is 34.9 Å². The van der Waals surface area contributed by atoms with Crippen molar-refractivity contribution in [1.29, 1.82) is 0 Å². The Morgan fingerprint density at radius 3 is 2.56 bits per heavy atom. The van der Waals surface area contributed by atoms with E-state index in [0.29, 0.717) is 21.4 Å². The van der Waals surface area contributed by atoms with E-state index in [1.165, 1.54) is 6.20 Å². The van der Waals surface area contributed by atoms with E-state index in [-0.39, 0.29) is 5.91 Å². The molecule has 0 aliphatic carbocycles. The number of hydrogen-bond donors (Lipinski definition) is 1. The molecular weight excluding hydrogens is 271 g/mol. The van der Waals surface area contributed by atoms with E-state index < -0.39 is 0 Å². The molecule has 0 atom stereocenters. The van der Waals surface area contributed by atoms with Crippen molar-refractivity contribution in [1.82, 2.24) is 4.98 Å². The van der Waals surface area contributed by atoms with Gasteiger partial charge in [-0.25, -0.2) is 4.98 Å². The summed E-state index contributed by atoms with van der Waals surface area (Å²) < 4.78 is 0. The minimum atomic E-state index is -0.246. The van der Waals surface area contributed by atoms with Crippen molar-refractivity contribution in [3.05, 3.63) is 57.7 Å². The molecule has 18 heavy (non-hydrogen) atoms. The lowest BCUT2D eigenvalue weighted by Crippen LogP contribution is -2.14. The third kappa shape index (κ3) is 3.00. The van der Waals surface area contributed by atoms with Gasteiger partial charge in [-0.15, -0.1) is 0 Å². The van der Waals surface area contributed by atoms with E-state index in [2.05, 4.69) is 10.3 Å². The minimum Gasteiger partial charge on any atom is -0.307 e. The lowest BCUT2D eigenvalue weighted by Gasteiger charge is -2.07. The van der Waals surface area contributed by atoms with Gasteiger partial charge in [-0.3, -0.25) is 4.79 Å². The molecular formula is C13H10Cl2N2O. The maximum atomic E-state index is 12.0. The van der Waals surface area contributed by atoms with E-state index >= 15 is 0 Å². The summed E-state index contributed by atoms with van der Waals surface area (Å²) in [7, 11) is 0. The smallest absolute Gasteiger partial charge is 0.257 e. The van der Waals surface area contributed by atoms with Crippen LogP contribution in [0.25, 0.3) is 0 Å². The Labute approximate surface area is 115 Å². The van der Waals surface area contributed by atoms with Crippen LogP contribution in [0, 0.1) is 6.92 Å². The summed E-state index contributed by atoms with van der Waals surface area (Å²) in [5, 5.41) is 3.73. The molecule has 0 fully saturated rings. The second-order valence-electron chi connectivity index (χ2n) is 3.78. The molecule has 0 spiro atoms. The van der Waals surface area contributed by atoms with Crippen molar-refractivity contribution in [2.75, 3.05) is 5.32 Å². The number of aryl methyl sites for hydroxylation is 1. The number of aromatic nitrogens is 1. The second kappa shape index (κ2) is 5.38. The molecule has 1 amide bonds. The first-order valence-electron chi connectivity index (χ1n) is 5.25. The van der Waals surface area contributed by atoms with Crippen LogP contribution in [0.15, 0.2) is 36.5 Å². The fraction of sp³-hybridized carbons (Fsp3) is 0.0769. The van der Waals surface area contributed by atoms with Crippen molar-refractivity contribution in [2.24, 2.45) is 0 Å². The van der Waals surface area contributed by atoms with Gasteiger partial charge in [0.05, 0.1) is 5.02 Å². The van der Waals surface area contributed by atoms with E-state index in [1.54, 1.807) is 30.3 Å². The van der Waals surface area contributed by atoms with Gasteiger partial charge in [0.2, 0.25) is 0 Å². The normalized spacial score (nSPS) is 10.2. The van der Waals surface area contributed by atoms with Gasteiger partial charge in [0, 0.05) is 16.8 Å². The molecule has 0 radical (unpaired) electrons. The Kier molecular flexibility index (Phi) is 3.84. The summed E-state index contributed by atoms with van der Waals surface area (Å²) in [6, 6.07) is 8.47. The first kappa shape index (κ1) is 12.9. The van der Waals surface area contributed by atoms with Gasteiger partial charge in [-0.1, -0.05) is 29.3 Å². The molecule has 0 aliphatic rings. The predicted molar refractivity (Wildman–Crippen MR) is 73.4 cm³/mol. The molecule has 5 heteroatoms. The molecule has 0 aliphatic heterocycles. The van der Waals surface area contributed by atoms with Gasteiger partial charge in [0.25, 0.3) is 5.91 Å². The Bertz CT molecular complexity index is 582. The van der Waals surface area contributed by atoms with Crippen LogP contribution in [-0.4, -0.2) is 10.9 Å². The number of nitrogens with one attached hydrogen (secondary N) is 1. The lowest BCUT2D eigenvalue weighted by atomic mass is 10.1. The molecule has 2 rings (SSSR count). The molecule has 3 nitrogen and oxygen atoms in total. The highest BCUT2D eigenvalue weighted by molar-refractivity contribution is 6.31. The van der Waals surface area contributed by atoms with Gasteiger partial charge in [0.15, 0.2) is 0 Å². The molecule has 1 heterocycles. The van der Waals surface area contributed by atoms with Crippen molar-refractivity contribution in [3.63, 3.8) is 0 Å². The average Bonchev–Trinajstić information content (AvgIpc) is 2.35. The molecule has 0 saturated carbocycles. The Hall–Kier alpha value is -1.58. The van der Waals surface area contributed by atoms with Crippen LogP contribution in [0.2, 0.25) is 10.0 Å². The van der Waals surface area contributed by atoms with Crippen LogP contribution in [-0.2, 0) is 0 Å². The maximum absolute atomic E-state index is 12.0. The number of benzene rings is 1. The summed E-state index contributed by atoms with van der Waals surface area (Å²) in [6.07, 6.45) is 1.47. The SMILES string of the molecule is Cc1ccc(Cl)cc1C(=O)Nc1ccc(Cl)cn1. The van der Waals surface area contributed by atoms with Gasteiger partial charge < -0.3 is 5.32 Å². The zero-order valence-corrected chi connectivity index (χ0v) is 11.1. The lowest BCUT2D eigenvalue weighted by molar-refractivity contribution is 0.102. The topological polar surface area (TPSA) is 42.0 Å². The largest absolute Gasteiger partial charge is 0.307 e. The summed E-state index contributed by atoms with van der Waals surface area (Å²) in [6.45, 7) is 1.85. The number of amides is 1. The third-order valence-corrected chi connectivity index (χ3v) is 2.87. The zero-order valence-electron chi connectivity index (χ0n) is 9.58. The molecule has 2 aromatic rings. The highest BCUT2D eigenvalue weighted by Gasteiger charge is 2.10. The Balaban J connectivity index is 2.21. The number of pyridine rings is 1. The number of anilines is 1. The quantitative estimate of drug-likeness (QED) is 0.905. The van der Waals surface area contributed by atoms with Gasteiger partial charge >= 0.3 is 0 Å². The van der Waals surface area contributed by atoms with Crippen LogP contribution in [0.5, 0.6) is 0 Å². The van der Waals surface area contributed by atoms with Crippen LogP contribution in [0.1, 0.15) is 15.9 Å². The number of carbonyl (C=O) groups excluding carboxylic acids is 1. The maximum Gasteiger partial charge on any atom is 0.257 e. The average molecular weight is 281 g/mol. The summed E-state index contributed by atoms with van der Waals surface area (Å²) in [4.78, 5) is 16.0. The summed E-state index contributed by atoms with van der Waals surface area (Å²) in [5.74, 6) is 0.202. The Morgan fingerprint density at radius 2 is 1.89 bits per heavy atom. The van der Waals surface area contributed by atoms with Crippen LogP contribution in [0.3, 0.4) is 0 Å². The van der Waals surface area contributed by atoms with E-state index in [1.807, 2.05) is 6.92 Å². The molecule has 1 aromatic heterocycles. The number of hydrogen-bond acceptors (Lipinski definition) is 2. The van der Waals surface area contributed by atoms with Crippen molar-refractivity contribution in [2.45, 2.75) is 6.92 Å². The number of carbonyl (C=O) groups is 1. The highest BCUT2D eigenvalue weighted by Crippen LogP contribution is 2.17. The molecule has 0 saturated heterocycles. The minimum absolute atomic E-state index is 0.246. The summed E-state index contributed by atoms with van der Waals surface area (Å²) in [5.41, 5.74) is 1.38. The first-order chi connectivity index (χ1) is 8.56. The standard InChI is InChI=1S/C13H10Cl2N2O/c1-8-2-3-9(14)6-11(8)13(18)17-12-5-4-10(15)7-16-12/h2-7H,1H3,(H,16,17,18). The fourth-order valence-electron chi connectivity index (χ4n) is 1.47. The van der Waals surface area contributed by atoms with E-state index in [0.717, 1.165) is 5.56 Å². The number of nitrogens with zero attached hydrogens (tertiary/aromatic N) is 1. The van der Waals surface area contributed by atoms with Crippen LogP contribution < -0.4 is 5.32 Å². The monoisotopic (exact) mass is 280 g/mol. The molecule has 0 unspecified atom stereocenters. The Morgan fingerprint density at radius 1 is 1.17 bits per heavy atom. The van der Waals surface area contributed by atoms with Crippen LogP contribution >= 0.6 is 23.2 Å². The fourth-order valence-corrected chi connectivity index (χ4v) is 1.76. The van der Waals surface area contributed by atoms with Gasteiger partial charge in [-0.05, 0) is 36.8 Å². The van der Waals surface area contributed by atoms with E-state index in [9.17, 15) is 4.79 Å². The first-order valence-corrected chi connectivity index (χ1v) is 6.01. The number of rotatable bonds is 2.